The van der Waals surface area contributed by atoms with Crippen molar-refractivity contribution in [3.05, 3.63) is 34.0 Å². The van der Waals surface area contributed by atoms with Crippen molar-refractivity contribution in [3.63, 3.8) is 0 Å². The number of imidazole rings is 1. The van der Waals surface area contributed by atoms with E-state index in [9.17, 15) is 9.59 Å². The van der Waals surface area contributed by atoms with Gasteiger partial charge in [-0.3, -0.25) is 5.32 Å². The summed E-state index contributed by atoms with van der Waals surface area (Å²) in [6.07, 6.45) is 0.182. The van der Waals surface area contributed by atoms with Crippen molar-refractivity contribution in [3.8, 4) is 11.3 Å². The van der Waals surface area contributed by atoms with E-state index in [1.807, 2.05) is 24.3 Å². The lowest BCUT2D eigenvalue weighted by atomic mass is 10.2. The zero-order valence-corrected chi connectivity index (χ0v) is 18.4. The molecule has 8 heteroatoms. The number of halogens is 1. The average molecular weight is 485 g/mol. The van der Waals surface area contributed by atoms with Crippen LogP contribution in [0.5, 0.6) is 0 Å². The quantitative estimate of drug-likeness (QED) is 0.585. The largest absolute Gasteiger partial charge is 0.444 e. The van der Waals surface area contributed by atoms with E-state index in [1.54, 1.807) is 41.5 Å². The summed E-state index contributed by atoms with van der Waals surface area (Å²) in [5.41, 5.74) is -0.0644. The Morgan fingerprint density at radius 2 is 1.63 bits per heavy atom. The lowest BCUT2D eigenvalue weighted by Gasteiger charge is -2.22. The van der Waals surface area contributed by atoms with E-state index >= 15 is 0 Å². The van der Waals surface area contributed by atoms with Gasteiger partial charge in [-0.05, 0) is 70.2 Å². The van der Waals surface area contributed by atoms with Crippen molar-refractivity contribution in [1.29, 1.82) is 0 Å². The minimum absolute atomic E-state index is 0.0353. The lowest BCUT2D eigenvalue weighted by molar-refractivity contribution is 0.0542. The molecule has 1 aromatic heterocycles. The Morgan fingerprint density at radius 1 is 1.04 bits per heavy atom. The molecule has 0 saturated heterocycles. The van der Waals surface area contributed by atoms with Crippen LogP contribution in [0.25, 0.3) is 11.3 Å². The Balaban J connectivity index is 2.47. The number of carbonyl (C=O) groups excluding carboxylic acids is 2. The van der Waals surface area contributed by atoms with Crippen LogP contribution in [0, 0.1) is 3.57 Å². The van der Waals surface area contributed by atoms with Gasteiger partial charge in [0.15, 0.2) is 0 Å². The fraction of sp³-hybridized carbons (Fsp3) is 0.421. The van der Waals surface area contributed by atoms with Crippen LogP contribution >= 0.6 is 22.6 Å². The third-order valence-corrected chi connectivity index (χ3v) is 4.04. The molecule has 1 heterocycles. The summed E-state index contributed by atoms with van der Waals surface area (Å²) in [6, 6.07) is 7.56. The third-order valence-electron chi connectivity index (χ3n) is 3.10. The van der Waals surface area contributed by atoms with E-state index in [0.29, 0.717) is 5.69 Å². The first-order chi connectivity index (χ1) is 12.4. The molecule has 0 atom stereocenters. The number of nitrogens with one attached hydrogen (secondary N) is 1. The molecule has 2 rings (SSSR count). The highest BCUT2D eigenvalue weighted by Crippen LogP contribution is 2.28. The number of amides is 1. The van der Waals surface area contributed by atoms with Crippen LogP contribution in [0.2, 0.25) is 0 Å². The highest BCUT2D eigenvalue weighted by molar-refractivity contribution is 14.1. The number of hydrogen-bond donors (Lipinski definition) is 1. The zero-order chi connectivity index (χ0) is 20.4. The van der Waals surface area contributed by atoms with Gasteiger partial charge in [-0.1, -0.05) is 18.2 Å². The second-order valence-corrected chi connectivity index (χ2v) is 9.05. The zero-order valence-electron chi connectivity index (χ0n) is 16.3. The molecule has 27 heavy (non-hydrogen) atoms. The SMILES string of the molecule is CC(C)(C)OC(=O)Nc1ncc(-c2ccccc2I)n1C(=O)OC(C)(C)C. The minimum Gasteiger partial charge on any atom is -0.444 e. The maximum absolute atomic E-state index is 12.8. The Labute approximate surface area is 172 Å². The summed E-state index contributed by atoms with van der Waals surface area (Å²) in [5.74, 6) is 0.0353. The fourth-order valence-electron chi connectivity index (χ4n) is 2.19. The molecule has 0 bridgehead atoms. The number of nitrogens with zero attached hydrogens (tertiary/aromatic N) is 2. The summed E-state index contributed by atoms with van der Waals surface area (Å²) in [7, 11) is 0. The number of aromatic nitrogens is 2. The van der Waals surface area contributed by atoms with Crippen molar-refractivity contribution in [2.75, 3.05) is 5.32 Å². The summed E-state index contributed by atoms with van der Waals surface area (Å²) < 4.78 is 12.9. The van der Waals surface area contributed by atoms with Crippen LogP contribution in [-0.4, -0.2) is 32.9 Å². The predicted octanol–water partition coefficient (Wildman–Crippen LogP) is 5.28. The van der Waals surface area contributed by atoms with Crippen molar-refractivity contribution in [2.45, 2.75) is 52.7 Å². The molecule has 0 saturated carbocycles. The standard InChI is InChI=1S/C19H24IN3O4/c1-18(2,3)26-16(24)22-15-21-11-14(12-9-7-8-10-13(12)20)23(15)17(25)27-19(4,5)6/h7-11H,1-6H3,(H,21,22,24). The molecule has 0 spiro atoms. The summed E-state index contributed by atoms with van der Waals surface area (Å²) >= 11 is 2.18. The van der Waals surface area contributed by atoms with Gasteiger partial charge < -0.3 is 9.47 Å². The fourth-order valence-corrected chi connectivity index (χ4v) is 2.85. The molecule has 1 aromatic carbocycles. The normalized spacial score (nSPS) is 11.8. The van der Waals surface area contributed by atoms with Gasteiger partial charge in [-0.15, -0.1) is 0 Å². The van der Waals surface area contributed by atoms with Gasteiger partial charge in [0, 0.05) is 9.13 Å². The number of benzene rings is 1. The topological polar surface area (TPSA) is 82.5 Å². The molecular weight excluding hydrogens is 461 g/mol. The Hall–Kier alpha value is -2.10. The number of hydrogen-bond acceptors (Lipinski definition) is 5. The van der Waals surface area contributed by atoms with Crippen LogP contribution in [0.3, 0.4) is 0 Å². The summed E-state index contributed by atoms with van der Waals surface area (Å²) in [4.78, 5) is 29.2. The Kier molecular flexibility index (Phi) is 6.18. The predicted molar refractivity (Wildman–Crippen MR) is 112 cm³/mol. The second kappa shape index (κ2) is 7.87. The van der Waals surface area contributed by atoms with E-state index in [2.05, 4.69) is 32.9 Å². The molecule has 1 amide bonds. The second-order valence-electron chi connectivity index (χ2n) is 7.89. The molecular formula is C19H24IN3O4. The van der Waals surface area contributed by atoms with Crippen LogP contribution in [0.4, 0.5) is 15.5 Å². The number of anilines is 1. The summed E-state index contributed by atoms with van der Waals surface area (Å²) in [5, 5.41) is 2.53. The van der Waals surface area contributed by atoms with E-state index in [-0.39, 0.29) is 5.95 Å². The molecule has 0 aliphatic heterocycles. The van der Waals surface area contributed by atoms with E-state index in [1.165, 1.54) is 10.8 Å². The molecule has 7 nitrogen and oxygen atoms in total. The molecule has 0 unspecified atom stereocenters. The van der Waals surface area contributed by atoms with Crippen molar-refractivity contribution >= 4 is 40.7 Å². The van der Waals surface area contributed by atoms with Crippen molar-refractivity contribution in [2.24, 2.45) is 0 Å². The van der Waals surface area contributed by atoms with E-state index < -0.39 is 23.4 Å². The molecule has 1 N–H and O–H groups in total. The molecule has 0 fully saturated rings. The van der Waals surface area contributed by atoms with Gasteiger partial charge in [0.2, 0.25) is 5.95 Å². The first-order valence-corrected chi connectivity index (χ1v) is 9.51. The van der Waals surface area contributed by atoms with Crippen LogP contribution in [0.15, 0.2) is 30.5 Å². The number of carbonyl (C=O) groups is 2. The molecule has 0 aliphatic carbocycles. The molecule has 146 valence electrons. The highest BCUT2D eigenvalue weighted by Gasteiger charge is 2.26. The van der Waals surface area contributed by atoms with Crippen molar-refractivity contribution < 1.29 is 19.1 Å². The van der Waals surface area contributed by atoms with Gasteiger partial charge in [-0.2, -0.15) is 0 Å². The third kappa shape index (κ3) is 5.95. The summed E-state index contributed by atoms with van der Waals surface area (Å²) in [6.45, 7) is 10.6. The Bertz CT molecular complexity index is 847. The smallest absolute Gasteiger partial charge is 0.421 e. The molecule has 0 aliphatic rings. The van der Waals surface area contributed by atoms with E-state index in [0.717, 1.165) is 9.13 Å². The number of rotatable bonds is 2. The van der Waals surface area contributed by atoms with Gasteiger partial charge in [0.25, 0.3) is 0 Å². The maximum Gasteiger partial charge on any atom is 0.421 e. The average Bonchev–Trinajstić information content (AvgIpc) is 2.87. The van der Waals surface area contributed by atoms with Gasteiger partial charge >= 0.3 is 12.2 Å². The van der Waals surface area contributed by atoms with E-state index in [4.69, 9.17) is 9.47 Å². The van der Waals surface area contributed by atoms with Gasteiger partial charge in [0.1, 0.15) is 11.2 Å². The van der Waals surface area contributed by atoms with Crippen LogP contribution < -0.4 is 5.32 Å². The Morgan fingerprint density at radius 3 is 2.19 bits per heavy atom. The molecule has 2 aromatic rings. The monoisotopic (exact) mass is 485 g/mol. The minimum atomic E-state index is -0.703. The van der Waals surface area contributed by atoms with Gasteiger partial charge in [-0.25, -0.2) is 19.1 Å². The lowest BCUT2D eigenvalue weighted by Crippen LogP contribution is -2.31. The molecule has 0 radical (unpaired) electrons. The highest BCUT2D eigenvalue weighted by atomic mass is 127. The first kappa shape index (κ1) is 21.2. The maximum atomic E-state index is 12.8. The first-order valence-electron chi connectivity index (χ1n) is 8.43. The van der Waals surface area contributed by atoms with Crippen LogP contribution in [0.1, 0.15) is 41.5 Å². The van der Waals surface area contributed by atoms with Gasteiger partial charge in [0.05, 0.1) is 11.9 Å². The van der Waals surface area contributed by atoms with Crippen LogP contribution in [-0.2, 0) is 9.47 Å². The number of ether oxygens (including phenoxy) is 2. The van der Waals surface area contributed by atoms with Crippen molar-refractivity contribution in [1.82, 2.24) is 9.55 Å².